The van der Waals surface area contributed by atoms with Gasteiger partial charge < -0.3 is 0 Å². The van der Waals surface area contributed by atoms with Crippen molar-refractivity contribution < 1.29 is 37.1 Å². The number of carbonyl (C=O) groups excluding carboxylic acids is 1. The molecule has 72 valence electrons. The second-order valence-corrected chi connectivity index (χ2v) is 14.9. The molecule has 0 aliphatic heterocycles. The predicted molar refractivity (Wildman–Crippen MR) is 51.6 cm³/mol. The van der Waals surface area contributed by atoms with Gasteiger partial charge in [0.1, 0.15) is 0 Å². The summed E-state index contributed by atoms with van der Waals surface area (Å²) in [6.45, 7) is 2.10. The fourth-order valence-corrected chi connectivity index (χ4v) is 5.48. The van der Waals surface area contributed by atoms with Crippen molar-refractivity contribution in [3.63, 3.8) is 0 Å². The molecule has 1 aromatic carbocycles. The van der Waals surface area contributed by atoms with E-state index in [0.717, 1.165) is 0 Å². The Labute approximate surface area is 97.6 Å². The standard InChI is InChI=1S/C7H6O3S.C2H5.Hg/c8-6-4-2-1-3-5(6)7(9)10-11;1-2;/h1-4,8,11H;1H2,2H3;/q;;+1/p-1. The van der Waals surface area contributed by atoms with Crippen molar-refractivity contribution in [2.75, 3.05) is 0 Å². The average molecular weight is 399 g/mol. The molecule has 0 heterocycles. The zero-order valence-electron chi connectivity index (χ0n) is 7.90. The number of para-hydroxylation sites is 1. The van der Waals surface area contributed by atoms with E-state index in [2.05, 4.69) is 6.92 Å². The van der Waals surface area contributed by atoms with Gasteiger partial charge in [-0.05, 0) is 0 Å². The van der Waals surface area contributed by atoms with E-state index >= 15 is 0 Å². The molecule has 1 N–H and O–H groups in total. The molecule has 1 rings (SSSR count). The molecular weight excluding hydrogens is 389 g/mol. The summed E-state index contributed by atoms with van der Waals surface area (Å²) >= 11 is -1.01. The third-order valence-electron chi connectivity index (χ3n) is 1.55. The van der Waals surface area contributed by atoms with Gasteiger partial charge in [0.2, 0.25) is 0 Å². The van der Waals surface area contributed by atoms with Crippen LogP contribution in [0.4, 0.5) is 0 Å². The molecule has 0 aromatic heterocycles. The van der Waals surface area contributed by atoms with E-state index in [0.29, 0.717) is 0 Å². The van der Waals surface area contributed by atoms with E-state index in [1.165, 1.54) is 18.5 Å². The zero-order valence-corrected chi connectivity index (χ0v) is 14.2. The van der Waals surface area contributed by atoms with Crippen LogP contribution in [0.15, 0.2) is 24.3 Å². The van der Waals surface area contributed by atoms with Crippen LogP contribution in [0.5, 0.6) is 5.75 Å². The van der Waals surface area contributed by atoms with Gasteiger partial charge in [-0.1, -0.05) is 0 Å². The maximum absolute atomic E-state index is 11.4. The summed E-state index contributed by atoms with van der Waals surface area (Å²) in [4.78, 5) is 11.4. The molecule has 0 atom stereocenters. The number of aromatic hydroxyl groups is 1. The Morgan fingerprint density at radius 1 is 1.57 bits per heavy atom. The van der Waals surface area contributed by atoms with Crippen LogP contribution in [0.3, 0.4) is 0 Å². The van der Waals surface area contributed by atoms with E-state index < -0.39 is 29.0 Å². The van der Waals surface area contributed by atoms with Crippen molar-refractivity contribution in [1.29, 1.82) is 0 Å². The summed E-state index contributed by atoms with van der Waals surface area (Å²) in [7, 11) is 1.33. The van der Waals surface area contributed by atoms with Crippen LogP contribution in [0.2, 0.25) is 3.93 Å². The van der Waals surface area contributed by atoms with Gasteiger partial charge in [0, 0.05) is 0 Å². The summed E-state index contributed by atoms with van der Waals surface area (Å²) in [6.07, 6.45) is 0. The number of carbonyl (C=O) groups is 1. The fourth-order valence-electron chi connectivity index (χ4n) is 0.870. The zero-order chi connectivity index (χ0) is 10.4. The van der Waals surface area contributed by atoms with Crippen molar-refractivity contribution >= 4 is 14.5 Å². The Balaban J connectivity index is 2.56. The van der Waals surface area contributed by atoms with Crippen molar-refractivity contribution in [3.8, 4) is 5.75 Å². The van der Waals surface area contributed by atoms with Crippen LogP contribution in [-0.4, -0.2) is 11.1 Å². The Morgan fingerprint density at radius 2 is 2.29 bits per heavy atom. The first-order chi connectivity index (χ1) is 6.75. The molecule has 0 bridgehead atoms. The number of hydrogen-bond acceptors (Lipinski definition) is 4. The molecule has 0 unspecified atom stereocenters. The molecule has 0 aliphatic rings. The number of hydrogen-bond donors (Lipinski definition) is 1. The maximum atomic E-state index is 11.4. The molecule has 1 aromatic rings. The van der Waals surface area contributed by atoms with Crippen molar-refractivity contribution in [3.05, 3.63) is 29.8 Å². The van der Waals surface area contributed by atoms with Gasteiger partial charge >= 0.3 is 98.1 Å². The van der Waals surface area contributed by atoms with Crippen LogP contribution in [0.1, 0.15) is 17.3 Å². The first-order valence-electron chi connectivity index (χ1n) is 4.37. The normalized spacial score (nSPS) is 9.21. The molecule has 0 radical (unpaired) electrons. The van der Waals surface area contributed by atoms with Gasteiger partial charge in [0.25, 0.3) is 0 Å². The van der Waals surface area contributed by atoms with Gasteiger partial charge in [-0.2, -0.15) is 0 Å². The van der Waals surface area contributed by atoms with E-state index in [9.17, 15) is 9.90 Å². The topological polar surface area (TPSA) is 46.5 Å². The summed E-state index contributed by atoms with van der Waals surface area (Å²) in [5.74, 6) is -0.465. The van der Waals surface area contributed by atoms with Crippen LogP contribution >= 0.6 is 8.52 Å². The van der Waals surface area contributed by atoms with Gasteiger partial charge in [-0.15, -0.1) is 0 Å². The molecule has 3 nitrogen and oxygen atoms in total. The van der Waals surface area contributed by atoms with Crippen LogP contribution in [-0.2, 0) is 27.2 Å². The van der Waals surface area contributed by atoms with Crippen molar-refractivity contribution in [1.82, 2.24) is 0 Å². The van der Waals surface area contributed by atoms with E-state index in [1.807, 2.05) is 0 Å². The minimum atomic E-state index is -1.01. The number of phenolic OH excluding ortho intramolecular Hbond substituents is 1. The average Bonchev–Trinajstić information content (AvgIpc) is 2.18. The third kappa shape index (κ3) is 3.50. The van der Waals surface area contributed by atoms with Gasteiger partial charge in [-0.3, -0.25) is 0 Å². The molecule has 0 fully saturated rings. The molecule has 0 aliphatic carbocycles. The number of rotatable bonds is 4. The third-order valence-corrected chi connectivity index (χ3v) is 10.5. The van der Waals surface area contributed by atoms with E-state index in [1.54, 1.807) is 18.2 Å². The van der Waals surface area contributed by atoms with E-state index in [4.69, 9.17) is 4.18 Å². The molecule has 0 saturated carbocycles. The molecule has 5 heteroatoms. The van der Waals surface area contributed by atoms with Gasteiger partial charge in [0.05, 0.1) is 0 Å². The van der Waals surface area contributed by atoms with Gasteiger partial charge in [0.15, 0.2) is 0 Å². The predicted octanol–water partition coefficient (Wildman–Crippen LogP) is 2.63. The molecule has 14 heavy (non-hydrogen) atoms. The molecule has 0 amide bonds. The van der Waals surface area contributed by atoms with Crippen molar-refractivity contribution in [2.45, 2.75) is 10.9 Å². The summed E-state index contributed by atoms with van der Waals surface area (Å²) < 4.78 is 6.13. The quantitative estimate of drug-likeness (QED) is 0.481. The second kappa shape index (κ2) is 6.29. The first-order valence-corrected chi connectivity index (χ1v) is 15.9. The first kappa shape index (κ1) is 11.8. The van der Waals surface area contributed by atoms with Crippen LogP contribution < -0.4 is 0 Å². The second-order valence-electron chi connectivity index (χ2n) is 2.71. The van der Waals surface area contributed by atoms with Crippen LogP contribution in [0.25, 0.3) is 0 Å². The monoisotopic (exact) mass is 400 g/mol. The Morgan fingerprint density at radius 3 is 2.93 bits per heavy atom. The SMILES string of the molecule is C[CH2][Hg][S]OC(=O)c1ccccc1O. The summed E-state index contributed by atoms with van der Waals surface area (Å²) in [6, 6.07) is 6.41. The molecular formula is C9H10HgO3S. The number of phenols is 1. The Kier molecular flexibility index (Phi) is 5.33. The Hall–Kier alpha value is -0.225. The summed E-state index contributed by atoms with van der Waals surface area (Å²) in [5, 5.41) is 9.35. The minimum absolute atomic E-state index is 0.0220. The molecule has 0 spiro atoms. The van der Waals surface area contributed by atoms with E-state index in [-0.39, 0.29) is 11.3 Å². The Bertz CT molecular complexity index is 317. The summed E-state index contributed by atoms with van der Waals surface area (Å²) in [5.41, 5.74) is 0.240. The van der Waals surface area contributed by atoms with Crippen molar-refractivity contribution in [2.24, 2.45) is 0 Å². The number of benzene rings is 1. The fraction of sp³-hybridized carbons (Fsp3) is 0.222. The van der Waals surface area contributed by atoms with Gasteiger partial charge in [-0.25, -0.2) is 0 Å². The van der Waals surface area contributed by atoms with Crippen LogP contribution in [0, 0.1) is 0 Å². The molecule has 0 saturated heterocycles.